The standard InChI is InChI=1S/C32H31NO3/c1-23-8-12-27(13-9-23)32-24(2)30-20-29(36-22-26-6-4-3-5-7-26)16-17-31(30)33(32)21-25-10-14-28(15-11-25)35-19-18-34/h3-17,20,34H,18-19,21-22H2,1-2H3. The molecule has 0 aliphatic heterocycles. The van der Waals surface area contributed by atoms with Gasteiger partial charge in [0.05, 0.1) is 12.3 Å². The third-order valence-corrected chi connectivity index (χ3v) is 6.49. The minimum Gasteiger partial charge on any atom is -0.491 e. The van der Waals surface area contributed by atoms with Gasteiger partial charge in [-0.2, -0.15) is 0 Å². The van der Waals surface area contributed by atoms with Gasteiger partial charge in [0.25, 0.3) is 0 Å². The van der Waals surface area contributed by atoms with Gasteiger partial charge in [0, 0.05) is 17.4 Å². The number of aliphatic hydroxyl groups excluding tert-OH is 1. The summed E-state index contributed by atoms with van der Waals surface area (Å²) in [5, 5.41) is 10.2. The molecule has 1 heterocycles. The van der Waals surface area contributed by atoms with Crippen LogP contribution in [0, 0.1) is 13.8 Å². The Labute approximate surface area is 212 Å². The van der Waals surface area contributed by atoms with E-state index in [-0.39, 0.29) is 6.61 Å². The quantitative estimate of drug-likeness (QED) is 0.250. The number of hydrogen-bond donors (Lipinski definition) is 1. The maximum atomic E-state index is 9.01. The van der Waals surface area contributed by atoms with Gasteiger partial charge in [-0.1, -0.05) is 72.3 Å². The molecule has 5 aromatic rings. The van der Waals surface area contributed by atoms with Crippen molar-refractivity contribution in [1.29, 1.82) is 0 Å². The number of nitrogens with zero attached hydrogens (tertiary/aromatic N) is 1. The van der Waals surface area contributed by atoms with Crippen LogP contribution in [0.2, 0.25) is 0 Å². The average Bonchev–Trinajstić information content (AvgIpc) is 3.18. The number of aryl methyl sites for hydroxylation is 2. The van der Waals surface area contributed by atoms with Crippen LogP contribution >= 0.6 is 0 Å². The Morgan fingerprint density at radius 3 is 2.17 bits per heavy atom. The fourth-order valence-electron chi connectivity index (χ4n) is 4.62. The SMILES string of the molecule is Cc1ccc(-c2c(C)c3cc(OCc4ccccc4)ccc3n2Cc2ccc(OCCO)cc2)cc1. The number of aliphatic hydroxyl groups is 1. The number of ether oxygens (including phenoxy) is 2. The van der Waals surface area contributed by atoms with E-state index < -0.39 is 0 Å². The lowest BCUT2D eigenvalue weighted by Gasteiger charge is -2.13. The summed E-state index contributed by atoms with van der Waals surface area (Å²) in [7, 11) is 0. The summed E-state index contributed by atoms with van der Waals surface area (Å²) in [5.41, 5.74) is 8.40. The highest BCUT2D eigenvalue weighted by molar-refractivity contribution is 5.92. The third-order valence-electron chi connectivity index (χ3n) is 6.49. The second-order valence-electron chi connectivity index (χ2n) is 9.10. The number of rotatable bonds is 9. The molecule has 1 N–H and O–H groups in total. The zero-order valence-corrected chi connectivity index (χ0v) is 20.8. The predicted molar refractivity (Wildman–Crippen MR) is 146 cm³/mol. The Morgan fingerprint density at radius 1 is 0.722 bits per heavy atom. The molecule has 0 unspecified atom stereocenters. The van der Waals surface area contributed by atoms with Crippen molar-refractivity contribution < 1.29 is 14.6 Å². The fraction of sp³-hybridized carbons (Fsp3) is 0.188. The highest BCUT2D eigenvalue weighted by Gasteiger charge is 2.17. The lowest BCUT2D eigenvalue weighted by molar-refractivity contribution is 0.201. The molecule has 36 heavy (non-hydrogen) atoms. The van der Waals surface area contributed by atoms with E-state index in [4.69, 9.17) is 14.6 Å². The van der Waals surface area contributed by atoms with Crippen molar-refractivity contribution in [2.75, 3.05) is 13.2 Å². The zero-order chi connectivity index (χ0) is 24.9. The summed E-state index contributed by atoms with van der Waals surface area (Å²) in [6.45, 7) is 5.89. The van der Waals surface area contributed by atoms with E-state index in [1.54, 1.807) is 0 Å². The normalized spacial score (nSPS) is 11.1. The van der Waals surface area contributed by atoms with Crippen LogP contribution in [-0.2, 0) is 13.2 Å². The highest BCUT2D eigenvalue weighted by Crippen LogP contribution is 2.36. The summed E-state index contributed by atoms with van der Waals surface area (Å²) >= 11 is 0. The van der Waals surface area contributed by atoms with Crippen LogP contribution in [0.5, 0.6) is 11.5 Å². The molecule has 0 saturated heterocycles. The molecule has 0 aliphatic rings. The van der Waals surface area contributed by atoms with Crippen molar-refractivity contribution >= 4 is 10.9 Å². The molecule has 0 saturated carbocycles. The minimum absolute atomic E-state index is 0.00729. The van der Waals surface area contributed by atoms with Crippen molar-refractivity contribution in [3.05, 3.63) is 119 Å². The molecule has 4 heteroatoms. The van der Waals surface area contributed by atoms with Gasteiger partial charge in [-0.25, -0.2) is 0 Å². The Balaban J connectivity index is 1.52. The maximum absolute atomic E-state index is 9.01. The van der Waals surface area contributed by atoms with Gasteiger partial charge in [-0.3, -0.25) is 0 Å². The van der Waals surface area contributed by atoms with Crippen LogP contribution in [0.4, 0.5) is 0 Å². The maximum Gasteiger partial charge on any atom is 0.120 e. The first kappa shape index (κ1) is 23.7. The second-order valence-corrected chi connectivity index (χ2v) is 9.10. The minimum atomic E-state index is 0.00729. The smallest absolute Gasteiger partial charge is 0.120 e. The zero-order valence-electron chi connectivity index (χ0n) is 20.8. The second kappa shape index (κ2) is 10.7. The summed E-state index contributed by atoms with van der Waals surface area (Å²) in [6.07, 6.45) is 0. The first-order valence-corrected chi connectivity index (χ1v) is 12.3. The van der Waals surface area contributed by atoms with E-state index in [0.717, 1.165) is 23.6 Å². The summed E-state index contributed by atoms with van der Waals surface area (Å²) in [4.78, 5) is 0. The van der Waals surface area contributed by atoms with Crippen molar-refractivity contribution in [2.45, 2.75) is 27.0 Å². The van der Waals surface area contributed by atoms with Crippen molar-refractivity contribution in [3.63, 3.8) is 0 Å². The van der Waals surface area contributed by atoms with Crippen LogP contribution in [0.25, 0.3) is 22.2 Å². The number of fused-ring (bicyclic) bond motifs is 1. The van der Waals surface area contributed by atoms with Crippen LogP contribution in [0.15, 0.2) is 97.1 Å². The molecule has 0 radical (unpaired) electrons. The van der Waals surface area contributed by atoms with E-state index in [1.165, 1.54) is 38.9 Å². The molecule has 0 aliphatic carbocycles. The van der Waals surface area contributed by atoms with Crippen LogP contribution in [0.3, 0.4) is 0 Å². The number of aromatic nitrogens is 1. The molecule has 0 fully saturated rings. The summed E-state index contributed by atoms with van der Waals surface area (Å²) in [5.74, 6) is 1.63. The largest absolute Gasteiger partial charge is 0.491 e. The summed E-state index contributed by atoms with van der Waals surface area (Å²) in [6, 6.07) is 33.5. The molecule has 4 nitrogen and oxygen atoms in total. The third kappa shape index (κ3) is 5.14. The number of hydrogen-bond acceptors (Lipinski definition) is 3. The summed E-state index contributed by atoms with van der Waals surface area (Å²) < 4.78 is 14.1. The monoisotopic (exact) mass is 477 g/mol. The highest BCUT2D eigenvalue weighted by atomic mass is 16.5. The van der Waals surface area contributed by atoms with E-state index in [0.29, 0.717) is 13.2 Å². The molecular formula is C32H31NO3. The molecular weight excluding hydrogens is 446 g/mol. The molecule has 182 valence electrons. The number of benzene rings is 4. The van der Waals surface area contributed by atoms with Gasteiger partial charge in [-0.15, -0.1) is 0 Å². The van der Waals surface area contributed by atoms with Crippen molar-refractivity contribution in [3.8, 4) is 22.8 Å². The molecule has 0 spiro atoms. The lowest BCUT2D eigenvalue weighted by atomic mass is 10.0. The molecule has 4 aromatic carbocycles. The molecule has 5 rings (SSSR count). The Hall–Kier alpha value is -4.02. The van der Waals surface area contributed by atoms with Gasteiger partial charge in [0.15, 0.2) is 0 Å². The van der Waals surface area contributed by atoms with Crippen molar-refractivity contribution in [2.24, 2.45) is 0 Å². The molecule has 1 aromatic heterocycles. The van der Waals surface area contributed by atoms with Gasteiger partial charge >= 0.3 is 0 Å². The van der Waals surface area contributed by atoms with E-state index in [2.05, 4.69) is 85.1 Å². The van der Waals surface area contributed by atoms with Crippen molar-refractivity contribution in [1.82, 2.24) is 4.57 Å². The molecule has 0 bridgehead atoms. The fourth-order valence-corrected chi connectivity index (χ4v) is 4.62. The first-order chi connectivity index (χ1) is 17.6. The van der Waals surface area contributed by atoms with E-state index in [9.17, 15) is 0 Å². The molecule has 0 amide bonds. The van der Waals surface area contributed by atoms with Gasteiger partial charge < -0.3 is 19.1 Å². The van der Waals surface area contributed by atoms with E-state index >= 15 is 0 Å². The Morgan fingerprint density at radius 2 is 1.44 bits per heavy atom. The predicted octanol–water partition coefficient (Wildman–Crippen LogP) is 6.92. The van der Waals surface area contributed by atoms with Crippen LogP contribution in [-0.4, -0.2) is 22.9 Å². The van der Waals surface area contributed by atoms with Crippen LogP contribution in [0.1, 0.15) is 22.3 Å². The van der Waals surface area contributed by atoms with Gasteiger partial charge in [0.1, 0.15) is 24.7 Å². The van der Waals surface area contributed by atoms with Crippen LogP contribution < -0.4 is 9.47 Å². The average molecular weight is 478 g/mol. The van der Waals surface area contributed by atoms with Gasteiger partial charge in [-0.05, 0) is 66.4 Å². The topological polar surface area (TPSA) is 43.6 Å². The Kier molecular flexibility index (Phi) is 7.06. The Bertz CT molecular complexity index is 1440. The first-order valence-electron chi connectivity index (χ1n) is 12.3. The van der Waals surface area contributed by atoms with E-state index in [1.807, 2.05) is 30.3 Å². The molecule has 0 atom stereocenters. The van der Waals surface area contributed by atoms with Gasteiger partial charge in [0.2, 0.25) is 0 Å². The lowest BCUT2D eigenvalue weighted by Crippen LogP contribution is -2.04.